The quantitative estimate of drug-likeness (QED) is 0.841. The van der Waals surface area contributed by atoms with Gasteiger partial charge in [-0.2, -0.15) is 0 Å². The molecular formula is C11H14ClNO2S. The molecule has 0 bridgehead atoms. The molecule has 16 heavy (non-hydrogen) atoms. The highest BCUT2D eigenvalue weighted by molar-refractivity contribution is 7.99. The smallest absolute Gasteiger partial charge is 0.324 e. The summed E-state index contributed by atoms with van der Waals surface area (Å²) < 4.78 is 5.20. The molecule has 1 unspecified atom stereocenters. The Balaban J connectivity index is 0.00000128. The molecule has 1 saturated heterocycles. The van der Waals surface area contributed by atoms with Crippen molar-refractivity contribution >= 4 is 30.1 Å². The van der Waals surface area contributed by atoms with Gasteiger partial charge in [-0.05, 0) is 5.56 Å². The summed E-state index contributed by atoms with van der Waals surface area (Å²) in [7, 11) is 0. The number of nitrogens with one attached hydrogen (secondary N) is 1. The number of ether oxygens (including phenoxy) is 1. The molecule has 2 rings (SSSR count). The topological polar surface area (TPSA) is 38.3 Å². The van der Waals surface area contributed by atoms with Crippen LogP contribution in [0.3, 0.4) is 0 Å². The van der Waals surface area contributed by atoms with Gasteiger partial charge in [-0.3, -0.25) is 10.1 Å². The van der Waals surface area contributed by atoms with Crippen LogP contribution >= 0.6 is 24.2 Å². The number of rotatable bonds is 3. The van der Waals surface area contributed by atoms with Crippen molar-refractivity contribution in [2.75, 3.05) is 11.6 Å². The third-order valence-electron chi connectivity index (χ3n) is 2.22. The average molecular weight is 260 g/mol. The third-order valence-corrected chi connectivity index (χ3v) is 3.16. The van der Waals surface area contributed by atoms with Crippen LogP contribution in [0.25, 0.3) is 0 Å². The summed E-state index contributed by atoms with van der Waals surface area (Å²) in [5.74, 6) is 1.50. The first-order valence-electron chi connectivity index (χ1n) is 4.88. The van der Waals surface area contributed by atoms with Crippen molar-refractivity contribution < 1.29 is 9.53 Å². The van der Waals surface area contributed by atoms with E-state index in [0.29, 0.717) is 6.61 Å². The van der Waals surface area contributed by atoms with Crippen LogP contribution in [0.4, 0.5) is 0 Å². The molecule has 1 aliphatic rings. The first-order valence-corrected chi connectivity index (χ1v) is 6.03. The van der Waals surface area contributed by atoms with Crippen LogP contribution in [-0.4, -0.2) is 23.6 Å². The minimum atomic E-state index is -0.149. The molecule has 0 amide bonds. The number of carbonyl (C=O) groups excluding carboxylic acids is 1. The molecule has 0 radical (unpaired) electrons. The fourth-order valence-electron chi connectivity index (χ4n) is 1.38. The van der Waals surface area contributed by atoms with Gasteiger partial charge in [0.2, 0.25) is 0 Å². The zero-order chi connectivity index (χ0) is 10.5. The lowest BCUT2D eigenvalue weighted by Gasteiger charge is -2.09. The summed E-state index contributed by atoms with van der Waals surface area (Å²) in [5.41, 5.74) is 1.02. The van der Waals surface area contributed by atoms with Gasteiger partial charge in [0.25, 0.3) is 0 Å². The molecule has 1 aromatic rings. The van der Waals surface area contributed by atoms with Crippen LogP contribution in [0.5, 0.6) is 0 Å². The SMILES string of the molecule is Cl.O=C(OCc1ccccc1)C1CSCN1. The minimum Gasteiger partial charge on any atom is -0.460 e. The third kappa shape index (κ3) is 3.70. The Morgan fingerprint density at radius 2 is 2.19 bits per heavy atom. The Hall–Kier alpha value is -0.710. The lowest BCUT2D eigenvalue weighted by atomic mass is 10.2. The monoisotopic (exact) mass is 259 g/mol. The van der Waals surface area contributed by atoms with E-state index in [1.54, 1.807) is 11.8 Å². The second-order valence-electron chi connectivity index (χ2n) is 3.37. The van der Waals surface area contributed by atoms with E-state index < -0.39 is 0 Å². The number of hydrogen-bond donors (Lipinski definition) is 1. The first-order chi connectivity index (χ1) is 7.36. The van der Waals surface area contributed by atoms with Crippen LogP contribution in [0.1, 0.15) is 5.56 Å². The van der Waals surface area contributed by atoms with Crippen LogP contribution in [0.2, 0.25) is 0 Å². The number of benzene rings is 1. The molecule has 0 saturated carbocycles. The lowest BCUT2D eigenvalue weighted by molar-refractivity contribution is -0.146. The molecule has 5 heteroatoms. The average Bonchev–Trinajstić information content (AvgIpc) is 2.81. The highest BCUT2D eigenvalue weighted by atomic mass is 35.5. The minimum absolute atomic E-state index is 0. The molecule has 3 nitrogen and oxygen atoms in total. The van der Waals surface area contributed by atoms with E-state index in [4.69, 9.17) is 4.74 Å². The van der Waals surface area contributed by atoms with Gasteiger partial charge in [0.1, 0.15) is 12.6 Å². The summed E-state index contributed by atoms with van der Waals surface area (Å²) >= 11 is 1.72. The standard InChI is InChI=1S/C11H13NO2S.ClH/c13-11(10-7-15-8-12-10)14-6-9-4-2-1-3-5-9;/h1-5,10,12H,6-8H2;1H. The first kappa shape index (κ1) is 13.4. The predicted molar refractivity (Wildman–Crippen MR) is 67.7 cm³/mol. The molecule has 0 aliphatic carbocycles. The van der Waals surface area contributed by atoms with Crippen molar-refractivity contribution in [2.24, 2.45) is 0 Å². The maximum absolute atomic E-state index is 11.5. The van der Waals surface area contributed by atoms with Gasteiger partial charge in [-0.1, -0.05) is 30.3 Å². The summed E-state index contributed by atoms with van der Waals surface area (Å²) in [6.45, 7) is 0.364. The van der Waals surface area contributed by atoms with Crippen LogP contribution < -0.4 is 5.32 Å². The lowest BCUT2D eigenvalue weighted by Crippen LogP contribution is -2.34. The number of esters is 1. The molecule has 1 N–H and O–H groups in total. The van der Waals surface area contributed by atoms with Gasteiger partial charge >= 0.3 is 5.97 Å². The Labute approximate surface area is 105 Å². The maximum atomic E-state index is 11.5. The van der Waals surface area contributed by atoms with E-state index in [2.05, 4.69) is 5.32 Å². The highest BCUT2D eigenvalue weighted by Gasteiger charge is 2.23. The summed E-state index contributed by atoms with van der Waals surface area (Å²) in [4.78, 5) is 11.5. The zero-order valence-corrected chi connectivity index (χ0v) is 10.4. The number of carbonyl (C=O) groups is 1. The Kier molecular flexibility index (Phi) is 5.66. The van der Waals surface area contributed by atoms with Gasteiger partial charge in [0, 0.05) is 11.6 Å². The normalized spacial score (nSPS) is 18.9. The summed E-state index contributed by atoms with van der Waals surface area (Å²) in [5, 5.41) is 3.08. The Bertz CT molecular complexity index is 328. The van der Waals surface area contributed by atoms with Crippen molar-refractivity contribution in [3.63, 3.8) is 0 Å². The van der Waals surface area contributed by atoms with Gasteiger partial charge in [-0.15, -0.1) is 24.2 Å². The molecule has 0 spiro atoms. The summed E-state index contributed by atoms with van der Waals surface area (Å²) in [6.07, 6.45) is 0. The van der Waals surface area contributed by atoms with Gasteiger partial charge < -0.3 is 4.74 Å². The second kappa shape index (κ2) is 6.78. The fraction of sp³-hybridized carbons (Fsp3) is 0.364. The van der Waals surface area contributed by atoms with E-state index in [9.17, 15) is 4.79 Å². The van der Waals surface area contributed by atoms with Crippen LogP contribution in [0.15, 0.2) is 30.3 Å². The Morgan fingerprint density at radius 1 is 1.44 bits per heavy atom. The predicted octanol–water partition coefficient (Wildman–Crippen LogP) is 1.81. The van der Waals surface area contributed by atoms with Crippen molar-refractivity contribution in [2.45, 2.75) is 12.6 Å². The fourth-order valence-corrected chi connectivity index (χ4v) is 2.30. The molecule has 1 heterocycles. The number of thioether (sulfide) groups is 1. The van der Waals surface area contributed by atoms with Crippen molar-refractivity contribution in [3.05, 3.63) is 35.9 Å². The molecule has 88 valence electrons. The molecule has 1 aliphatic heterocycles. The number of hydrogen-bond acceptors (Lipinski definition) is 4. The molecular weight excluding hydrogens is 246 g/mol. The van der Waals surface area contributed by atoms with E-state index in [1.807, 2.05) is 30.3 Å². The molecule has 1 fully saturated rings. The summed E-state index contributed by atoms with van der Waals surface area (Å²) in [6, 6.07) is 9.59. The Morgan fingerprint density at radius 3 is 2.81 bits per heavy atom. The van der Waals surface area contributed by atoms with Gasteiger partial charge in [0.05, 0.1) is 0 Å². The van der Waals surface area contributed by atoms with Crippen molar-refractivity contribution in [1.82, 2.24) is 5.32 Å². The van der Waals surface area contributed by atoms with E-state index in [-0.39, 0.29) is 24.4 Å². The van der Waals surface area contributed by atoms with E-state index >= 15 is 0 Å². The molecule has 1 aromatic carbocycles. The number of halogens is 1. The van der Waals surface area contributed by atoms with Crippen LogP contribution in [0, 0.1) is 0 Å². The van der Waals surface area contributed by atoms with Gasteiger partial charge in [0.15, 0.2) is 0 Å². The second-order valence-corrected chi connectivity index (χ2v) is 4.40. The largest absolute Gasteiger partial charge is 0.460 e. The van der Waals surface area contributed by atoms with Crippen molar-refractivity contribution in [1.29, 1.82) is 0 Å². The highest BCUT2D eigenvalue weighted by Crippen LogP contribution is 2.11. The maximum Gasteiger partial charge on any atom is 0.324 e. The zero-order valence-electron chi connectivity index (χ0n) is 8.72. The molecule has 0 aromatic heterocycles. The van der Waals surface area contributed by atoms with Crippen molar-refractivity contribution in [3.8, 4) is 0 Å². The van der Waals surface area contributed by atoms with E-state index in [0.717, 1.165) is 17.2 Å². The van der Waals surface area contributed by atoms with E-state index in [1.165, 1.54) is 0 Å². The van der Waals surface area contributed by atoms with Gasteiger partial charge in [-0.25, -0.2) is 0 Å². The molecule has 1 atom stereocenters. The van der Waals surface area contributed by atoms with Crippen LogP contribution in [-0.2, 0) is 16.1 Å².